The van der Waals surface area contributed by atoms with Gasteiger partial charge in [-0.05, 0) is 5.41 Å². The average Bonchev–Trinajstić information content (AvgIpc) is 3.09. The Hall–Kier alpha value is -2.18. The van der Waals surface area contributed by atoms with Crippen LogP contribution in [0.5, 0.6) is 0 Å². The van der Waals surface area contributed by atoms with Crippen LogP contribution in [0.3, 0.4) is 0 Å². The van der Waals surface area contributed by atoms with Crippen LogP contribution in [0.25, 0.3) is 11.3 Å². The van der Waals surface area contributed by atoms with E-state index in [0.29, 0.717) is 25.5 Å². The van der Waals surface area contributed by atoms with Gasteiger partial charge in [0.15, 0.2) is 5.76 Å². The number of aromatic nitrogens is 1. The molecular formula is C20H28N4O2. The van der Waals surface area contributed by atoms with Crippen LogP contribution >= 0.6 is 0 Å². The molecule has 0 aliphatic carbocycles. The summed E-state index contributed by atoms with van der Waals surface area (Å²) < 4.78 is 5.88. The molecule has 1 saturated heterocycles. The van der Waals surface area contributed by atoms with Crippen molar-refractivity contribution < 1.29 is 9.21 Å². The minimum Gasteiger partial charge on any atom is -0.439 e. The topological polar surface area (TPSA) is 75.6 Å². The first-order valence-corrected chi connectivity index (χ1v) is 9.11. The highest BCUT2D eigenvalue weighted by molar-refractivity contribution is 5.82. The van der Waals surface area contributed by atoms with E-state index in [0.717, 1.165) is 24.4 Å². The van der Waals surface area contributed by atoms with Crippen LogP contribution in [-0.2, 0) is 11.3 Å². The van der Waals surface area contributed by atoms with Crippen molar-refractivity contribution in [3.63, 3.8) is 0 Å². The average molecular weight is 356 g/mol. The number of amides is 1. The van der Waals surface area contributed by atoms with Crippen molar-refractivity contribution in [1.29, 1.82) is 0 Å². The van der Waals surface area contributed by atoms with Gasteiger partial charge in [-0.2, -0.15) is 0 Å². The number of piperazine rings is 1. The Kier molecular flexibility index (Phi) is 5.44. The molecule has 0 saturated carbocycles. The lowest BCUT2D eigenvalue weighted by Crippen LogP contribution is -2.56. The lowest BCUT2D eigenvalue weighted by molar-refractivity contribution is -0.136. The summed E-state index contributed by atoms with van der Waals surface area (Å²) in [6.45, 7) is 9.62. The summed E-state index contributed by atoms with van der Waals surface area (Å²) in [5, 5.41) is 0. The number of hydrogen-bond donors (Lipinski definition) is 1. The van der Waals surface area contributed by atoms with Crippen molar-refractivity contribution in [1.82, 2.24) is 14.8 Å². The number of carbonyl (C=O) groups is 1. The van der Waals surface area contributed by atoms with Gasteiger partial charge in [-0.15, -0.1) is 0 Å². The quantitative estimate of drug-likeness (QED) is 0.910. The number of carbonyl (C=O) groups excluding carboxylic acids is 1. The summed E-state index contributed by atoms with van der Waals surface area (Å²) in [4.78, 5) is 21.0. The normalized spacial score (nSPS) is 17.3. The molecule has 3 rings (SSSR count). The predicted octanol–water partition coefficient (Wildman–Crippen LogP) is 2.36. The van der Waals surface area contributed by atoms with Crippen molar-refractivity contribution in [2.45, 2.75) is 33.4 Å². The van der Waals surface area contributed by atoms with Crippen LogP contribution in [0.2, 0.25) is 0 Å². The zero-order valence-electron chi connectivity index (χ0n) is 15.8. The molecule has 6 heteroatoms. The standard InChI is InChI=1S/C20H28N4O2/c1-20(2,3)18(21)19(25)24-11-9-23(10-12-24)14-17-22-13-16(26-17)15-7-5-4-6-8-15/h4-8,13,18H,9-12,14,21H2,1-3H3/t18-/m1/s1. The second-order valence-electron chi connectivity index (χ2n) is 7.93. The summed E-state index contributed by atoms with van der Waals surface area (Å²) in [6.07, 6.45) is 1.77. The fourth-order valence-electron chi connectivity index (χ4n) is 3.00. The largest absolute Gasteiger partial charge is 0.439 e. The van der Waals surface area contributed by atoms with E-state index in [1.807, 2.05) is 56.0 Å². The highest BCUT2D eigenvalue weighted by Gasteiger charge is 2.32. The highest BCUT2D eigenvalue weighted by atomic mass is 16.4. The summed E-state index contributed by atoms with van der Waals surface area (Å²) in [7, 11) is 0. The maximum absolute atomic E-state index is 12.5. The van der Waals surface area contributed by atoms with Gasteiger partial charge in [0, 0.05) is 31.7 Å². The molecule has 1 aliphatic rings. The molecule has 2 aromatic rings. The fraction of sp³-hybridized carbons (Fsp3) is 0.500. The van der Waals surface area contributed by atoms with E-state index in [1.54, 1.807) is 6.20 Å². The SMILES string of the molecule is CC(C)(C)[C@H](N)C(=O)N1CCN(Cc2ncc(-c3ccccc3)o2)CC1. The molecule has 1 atom stereocenters. The fourth-order valence-corrected chi connectivity index (χ4v) is 3.00. The van der Waals surface area contributed by atoms with Gasteiger partial charge in [0.25, 0.3) is 0 Å². The van der Waals surface area contributed by atoms with Crippen LogP contribution in [0, 0.1) is 5.41 Å². The Bertz CT molecular complexity index is 728. The molecule has 2 N–H and O–H groups in total. The van der Waals surface area contributed by atoms with E-state index in [-0.39, 0.29) is 11.3 Å². The van der Waals surface area contributed by atoms with Crippen LogP contribution in [0.15, 0.2) is 40.9 Å². The van der Waals surface area contributed by atoms with Gasteiger partial charge in [-0.3, -0.25) is 9.69 Å². The molecule has 2 heterocycles. The number of benzene rings is 1. The maximum Gasteiger partial charge on any atom is 0.240 e. The molecule has 1 aromatic heterocycles. The van der Waals surface area contributed by atoms with Gasteiger partial charge in [0.05, 0.1) is 18.8 Å². The lowest BCUT2D eigenvalue weighted by atomic mass is 9.86. The number of rotatable bonds is 4. The number of nitrogens with two attached hydrogens (primary N) is 1. The van der Waals surface area contributed by atoms with Crippen LogP contribution < -0.4 is 5.73 Å². The second kappa shape index (κ2) is 7.60. The van der Waals surface area contributed by atoms with Gasteiger partial charge in [0.1, 0.15) is 0 Å². The van der Waals surface area contributed by atoms with Crippen LogP contribution in [0.1, 0.15) is 26.7 Å². The predicted molar refractivity (Wildman–Crippen MR) is 101 cm³/mol. The van der Waals surface area contributed by atoms with E-state index in [2.05, 4.69) is 9.88 Å². The van der Waals surface area contributed by atoms with Gasteiger partial charge in [-0.25, -0.2) is 4.98 Å². The zero-order valence-corrected chi connectivity index (χ0v) is 15.8. The third-order valence-electron chi connectivity index (χ3n) is 4.85. The minimum atomic E-state index is -0.464. The third-order valence-corrected chi connectivity index (χ3v) is 4.85. The van der Waals surface area contributed by atoms with Crippen molar-refractivity contribution in [3.05, 3.63) is 42.4 Å². The first kappa shape index (κ1) is 18.6. The highest BCUT2D eigenvalue weighted by Crippen LogP contribution is 2.22. The molecule has 26 heavy (non-hydrogen) atoms. The molecular weight excluding hydrogens is 328 g/mol. The number of nitrogens with zero attached hydrogens (tertiary/aromatic N) is 3. The zero-order chi connectivity index (χ0) is 18.7. The number of oxazole rings is 1. The monoisotopic (exact) mass is 356 g/mol. The van der Waals surface area contributed by atoms with E-state index >= 15 is 0 Å². The summed E-state index contributed by atoms with van der Waals surface area (Å²) in [5.74, 6) is 1.53. The first-order chi connectivity index (χ1) is 12.3. The molecule has 6 nitrogen and oxygen atoms in total. The maximum atomic E-state index is 12.5. The van der Waals surface area contributed by atoms with E-state index < -0.39 is 6.04 Å². The third kappa shape index (κ3) is 4.31. The van der Waals surface area contributed by atoms with Crippen molar-refractivity contribution in [3.8, 4) is 11.3 Å². The second-order valence-corrected chi connectivity index (χ2v) is 7.93. The van der Waals surface area contributed by atoms with Gasteiger partial charge in [-0.1, -0.05) is 51.1 Å². The first-order valence-electron chi connectivity index (χ1n) is 9.11. The molecule has 0 unspecified atom stereocenters. The molecule has 0 radical (unpaired) electrons. The van der Waals surface area contributed by atoms with Gasteiger partial charge >= 0.3 is 0 Å². The molecule has 1 amide bonds. The van der Waals surface area contributed by atoms with Gasteiger partial charge in [0.2, 0.25) is 11.8 Å². The van der Waals surface area contributed by atoms with E-state index in [1.165, 1.54) is 0 Å². The number of hydrogen-bond acceptors (Lipinski definition) is 5. The Labute approximate surface area is 155 Å². The molecule has 1 fully saturated rings. The smallest absolute Gasteiger partial charge is 0.240 e. The molecule has 140 valence electrons. The van der Waals surface area contributed by atoms with Gasteiger partial charge < -0.3 is 15.1 Å². The molecule has 0 bridgehead atoms. The Balaban J connectivity index is 1.53. The van der Waals surface area contributed by atoms with Crippen LogP contribution in [-0.4, -0.2) is 52.9 Å². The van der Waals surface area contributed by atoms with Crippen LogP contribution in [0.4, 0.5) is 0 Å². The van der Waals surface area contributed by atoms with Crippen molar-refractivity contribution >= 4 is 5.91 Å². The summed E-state index contributed by atoms with van der Waals surface area (Å²) in [6, 6.07) is 9.49. The Morgan fingerprint density at radius 3 is 2.46 bits per heavy atom. The summed E-state index contributed by atoms with van der Waals surface area (Å²) in [5.41, 5.74) is 6.92. The van der Waals surface area contributed by atoms with E-state index in [4.69, 9.17) is 10.2 Å². The van der Waals surface area contributed by atoms with Crippen molar-refractivity contribution in [2.75, 3.05) is 26.2 Å². The molecule has 1 aliphatic heterocycles. The van der Waals surface area contributed by atoms with E-state index in [9.17, 15) is 4.79 Å². The Morgan fingerprint density at radius 2 is 1.85 bits per heavy atom. The minimum absolute atomic E-state index is 0.0413. The molecule has 0 spiro atoms. The molecule has 1 aromatic carbocycles. The summed E-state index contributed by atoms with van der Waals surface area (Å²) >= 11 is 0. The van der Waals surface area contributed by atoms with Crippen molar-refractivity contribution in [2.24, 2.45) is 11.1 Å². The Morgan fingerprint density at radius 1 is 1.19 bits per heavy atom. The lowest BCUT2D eigenvalue weighted by Gasteiger charge is -2.37.